The molecule has 1 N–H and O–H groups in total. The van der Waals surface area contributed by atoms with Crippen molar-refractivity contribution in [2.24, 2.45) is 0 Å². The molecule has 1 atom stereocenters. The number of benzene rings is 2. The van der Waals surface area contributed by atoms with Gasteiger partial charge in [0.2, 0.25) is 0 Å². The molecule has 0 aliphatic carbocycles. The Labute approximate surface area is 183 Å². The van der Waals surface area contributed by atoms with Crippen LogP contribution in [0.15, 0.2) is 48.5 Å². The predicted molar refractivity (Wildman–Crippen MR) is 112 cm³/mol. The molecule has 2 aliphatic rings. The number of nitrogens with one attached hydrogen (secondary N) is 1. The lowest BCUT2D eigenvalue weighted by molar-refractivity contribution is -0.137. The number of nitrogens with zero attached hydrogens (tertiary/aromatic N) is 2. The first-order valence-corrected chi connectivity index (χ1v) is 10.5. The van der Waals surface area contributed by atoms with Crippen molar-refractivity contribution < 1.29 is 22.7 Å². The minimum atomic E-state index is -4.47. The molecule has 2 saturated heterocycles. The molecule has 0 unspecified atom stereocenters. The van der Waals surface area contributed by atoms with Crippen LogP contribution in [0.3, 0.4) is 0 Å². The molecule has 0 aromatic heterocycles. The largest absolute Gasteiger partial charge is 0.416 e. The van der Waals surface area contributed by atoms with E-state index in [1.165, 1.54) is 6.07 Å². The quantitative estimate of drug-likeness (QED) is 0.724. The average molecular weight is 454 g/mol. The third-order valence-corrected chi connectivity index (χ3v) is 6.17. The van der Waals surface area contributed by atoms with Crippen LogP contribution in [0.4, 0.5) is 23.7 Å². The van der Waals surface area contributed by atoms with E-state index >= 15 is 0 Å². The van der Waals surface area contributed by atoms with Crippen LogP contribution in [0, 0.1) is 0 Å². The molecule has 0 radical (unpaired) electrons. The molecular weight excluding hydrogens is 431 g/mol. The Kier molecular flexibility index (Phi) is 6.14. The molecule has 0 spiro atoms. The van der Waals surface area contributed by atoms with E-state index in [9.17, 15) is 18.0 Å². The molecule has 2 aliphatic heterocycles. The smallest absolute Gasteiger partial charge is 0.379 e. The Bertz CT molecular complexity index is 932. The Morgan fingerprint density at radius 3 is 2.48 bits per heavy atom. The summed E-state index contributed by atoms with van der Waals surface area (Å²) >= 11 is 6.01. The van der Waals surface area contributed by atoms with Gasteiger partial charge in [0.05, 0.1) is 24.3 Å². The molecule has 4 rings (SSSR count). The highest BCUT2D eigenvalue weighted by Gasteiger charge is 2.48. The molecule has 166 valence electrons. The molecule has 2 heterocycles. The lowest BCUT2D eigenvalue weighted by Crippen LogP contribution is -2.48. The van der Waals surface area contributed by atoms with Crippen LogP contribution in [0.5, 0.6) is 0 Å². The van der Waals surface area contributed by atoms with Crippen molar-refractivity contribution in [1.29, 1.82) is 0 Å². The normalized spacial score (nSPS) is 22.6. The first kappa shape index (κ1) is 21.9. The summed E-state index contributed by atoms with van der Waals surface area (Å²) in [6.07, 6.45) is -4.00. The van der Waals surface area contributed by atoms with Gasteiger partial charge in [0.15, 0.2) is 0 Å². The Hall–Kier alpha value is -2.29. The van der Waals surface area contributed by atoms with Crippen molar-refractivity contribution in [2.75, 3.05) is 44.3 Å². The van der Waals surface area contributed by atoms with Crippen LogP contribution in [0.25, 0.3) is 0 Å². The van der Waals surface area contributed by atoms with Gasteiger partial charge in [0.1, 0.15) is 0 Å². The summed E-state index contributed by atoms with van der Waals surface area (Å²) in [6.45, 7) is 3.57. The second kappa shape index (κ2) is 8.68. The highest BCUT2D eigenvalue weighted by molar-refractivity contribution is 6.30. The second-order valence-electron chi connectivity index (χ2n) is 7.78. The summed E-state index contributed by atoms with van der Waals surface area (Å²) < 4.78 is 45.8. The van der Waals surface area contributed by atoms with E-state index in [0.29, 0.717) is 42.5 Å². The van der Waals surface area contributed by atoms with Gasteiger partial charge in [-0.05, 0) is 48.4 Å². The number of rotatable bonds is 5. The minimum absolute atomic E-state index is 0.208. The molecule has 2 aromatic rings. The van der Waals surface area contributed by atoms with Gasteiger partial charge in [-0.25, -0.2) is 4.79 Å². The minimum Gasteiger partial charge on any atom is -0.379 e. The Balaban J connectivity index is 1.76. The number of anilines is 1. The van der Waals surface area contributed by atoms with Crippen molar-refractivity contribution in [1.82, 2.24) is 10.2 Å². The molecule has 9 heteroatoms. The van der Waals surface area contributed by atoms with E-state index in [1.54, 1.807) is 35.2 Å². The summed E-state index contributed by atoms with van der Waals surface area (Å²) in [5.74, 6) is 0. The first-order chi connectivity index (χ1) is 14.8. The van der Waals surface area contributed by atoms with Gasteiger partial charge in [0, 0.05) is 36.9 Å². The summed E-state index contributed by atoms with van der Waals surface area (Å²) in [7, 11) is 0. The van der Waals surface area contributed by atoms with Crippen LogP contribution < -0.4 is 10.2 Å². The summed E-state index contributed by atoms with van der Waals surface area (Å²) in [4.78, 5) is 16.7. The van der Waals surface area contributed by atoms with Crippen molar-refractivity contribution in [3.8, 4) is 0 Å². The number of alkyl halides is 3. The number of ether oxygens (including phenoxy) is 1. The van der Waals surface area contributed by atoms with Gasteiger partial charge in [-0.2, -0.15) is 13.2 Å². The summed E-state index contributed by atoms with van der Waals surface area (Å²) in [5, 5.41) is 3.36. The molecule has 0 saturated carbocycles. The number of hydrogen-bond acceptors (Lipinski definition) is 3. The van der Waals surface area contributed by atoms with E-state index in [2.05, 4.69) is 10.2 Å². The van der Waals surface area contributed by atoms with Gasteiger partial charge in [-0.1, -0.05) is 23.7 Å². The zero-order valence-corrected chi connectivity index (χ0v) is 17.5. The number of carbonyl (C=O) groups excluding carboxylic acids is 1. The zero-order chi connectivity index (χ0) is 22.1. The Morgan fingerprint density at radius 1 is 1.10 bits per heavy atom. The molecule has 5 nitrogen and oxygen atoms in total. The second-order valence-corrected chi connectivity index (χ2v) is 8.22. The van der Waals surface area contributed by atoms with Gasteiger partial charge >= 0.3 is 12.2 Å². The molecule has 2 fully saturated rings. The van der Waals surface area contributed by atoms with Crippen molar-refractivity contribution in [3.63, 3.8) is 0 Å². The SMILES string of the molecule is O=C1NC[C@](CCN2CCOCC2)(c2cccc(C(F)(F)F)c2)N1c1ccc(Cl)cc1. The van der Waals surface area contributed by atoms with E-state index < -0.39 is 17.3 Å². The van der Waals surface area contributed by atoms with Gasteiger partial charge in [0.25, 0.3) is 0 Å². The summed E-state index contributed by atoms with van der Waals surface area (Å²) in [6, 6.07) is 11.7. The number of morpholine rings is 1. The van der Waals surface area contributed by atoms with Crippen LogP contribution in [-0.2, 0) is 16.5 Å². The van der Waals surface area contributed by atoms with E-state index in [0.717, 1.165) is 25.2 Å². The van der Waals surface area contributed by atoms with E-state index in [4.69, 9.17) is 16.3 Å². The number of halogens is 4. The molecule has 2 amide bonds. The fourth-order valence-electron chi connectivity index (χ4n) is 4.26. The highest BCUT2D eigenvalue weighted by Crippen LogP contribution is 2.41. The standard InChI is InChI=1S/C22H23ClF3N3O2/c23-18-4-6-19(7-5-18)29-20(30)27-15-21(29,8-9-28-10-12-31-13-11-28)16-2-1-3-17(14-16)22(24,25)26/h1-7,14H,8-13,15H2,(H,27,30)/t21-/m1/s1. The van der Waals surface area contributed by atoms with Gasteiger partial charge in [-0.3, -0.25) is 9.80 Å². The highest BCUT2D eigenvalue weighted by atomic mass is 35.5. The van der Waals surface area contributed by atoms with Crippen LogP contribution in [-0.4, -0.2) is 50.3 Å². The number of hydrogen-bond donors (Lipinski definition) is 1. The fourth-order valence-corrected chi connectivity index (χ4v) is 4.38. The van der Waals surface area contributed by atoms with Gasteiger partial charge in [-0.15, -0.1) is 0 Å². The number of urea groups is 1. The molecule has 31 heavy (non-hydrogen) atoms. The third-order valence-electron chi connectivity index (χ3n) is 5.92. The number of carbonyl (C=O) groups is 1. The maximum absolute atomic E-state index is 13.5. The maximum Gasteiger partial charge on any atom is 0.416 e. The fraction of sp³-hybridized carbons (Fsp3) is 0.409. The van der Waals surface area contributed by atoms with Crippen LogP contribution >= 0.6 is 11.6 Å². The molecular formula is C22H23ClF3N3O2. The lowest BCUT2D eigenvalue weighted by atomic mass is 9.84. The van der Waals surface area contributed by atoms with E-state index in [1.807, 2.05) is 0 Å². The summed E-state index contributed by atoms with van der Waals surface area (Å²) in [5.41, 5.74) is -0.668. The van der Waals surface area contributed by atoms with Crippen LogP contribution in [0.2, 0.25) is 5.02 Å². The third kappa shape index (κ3) is 4.51. The zero-order valence-electron chi connectivity index (χ0n) is 16.8. The average Bonchev–Trinajstić information content (AvgIpc) is 3.10. The number of amides is 2. The maximum atomic E-state index is 13.5. The van der Waals surface area contributed by atoms with Gasteiger partial charge < -0.3 is 10.1 Å². The first-order valence-electron chi connectivity index (χ1n) is 10.1. The van der Waals surface area contributed by atoms with E-state index in [-0.39, 0.29) is 12.6 Å². The monoisotopic (exact) mass is 453 g/mol. The van der Waals surface area contributed by atoms with Crippen molar-refractivity contribution >= 4 is 23.3 Å². The molecule has 0 bridgehead atoms. The molecule has 2 aromatic carbocycles. The van der Waals surface area contributed by atoms with Crippen molar-refractivity contribution in [3.05, 3.63) is 64.7 Å². The Morgan fingerprint density at radius 2 is 1.81 bits per heavy atom. The lowest BCUT2D eigenvalue weighted by Gasteiger charge is -2.40. The van der Waals surface area contributed by atoms with Crippen molar-refractivity contribution in [2.45, 2.75) is 18.1 Å². The topological polar surface area (TPSA) is 44.8 Å². The van der Waals surface area contributed by atoms with Crippen LogP contribution in [0.1, 0.15) is 17.5 Å². The predicted octanol–water partition coefficient (Wildman–Crippen LogP) is 4.51.